The van der Waals surface area contributed by atoms with Crippen LogP contribution in [0.15, 0.2) is 30.5 Å². The van der Waals surface area contributed by atoms with Crippen LogP contribution in [0.1, 0.15) is 49.5 Å². The van der Waals surface area contributed by atoms with Crippen LogP contribution in [0, 0.1) is 0 Å². The summed E-state index contributed by atoms with van der Waals surface area (Å²) < 4.78 is 7.95. The van der Waals surface area contributed by atoms with Crippen LogP contribution in [-0.4, -0.2) is 40.4 Å². The molecule has 25 heavy (non-hydrogen) atoms. The Hall–Kier alpha value is -2.50. The number of piperidine rings is 1. The average Bonchev–Trinajstić information content (AvgIpc) is 3.10. The highest BCUT2D eigenvalue weighted by atomic mass is 16.5. The lowest BCUT2D eigenvalue weighted by atomic mass is 10.0. The number of aromatic hydroxyl groups is 1. The predicted molar refractivity (Wildman–Crippen MR) is 96.6 cm³/mol. The summed E-state index contributed by atoms with van der Waals surface area (Å²) in [4.78, 5) is 13.6. The van der Waals surface area contributed by atoms with Gasteiger partial charge in [0.05, 0.1) is 17.8 Å². The number of rotatable bonds is 6. The fourth-order valence-corrected chi connectivity index (χ4v) is 3.37. The molecule has 1 aliphatic heterocycles. The van der Waals surface area contributed by atoms with E-state index in [-0.39, 0.29) is 17.4 Å². The van der Waals surface area contributed by atoms with Gasteiger partial charge in [0.2, 0.25) is 0 Å². The van der Waals surface area contributed by atoms with Crippen LogP contribution in [0.3, 0.4) is 0 Å². The third-order valence-electron chi connectivity index (χ3n) is 4.65. The van der Waals surface area contributed by atoms with Crippen LogP contribution >= 0.6 is 0 Å². The molecule has 1 fully saturated rings. The van der Waals surface area contributed by atoms with Crippen LogP contribution in [0.5, 0.6) is 11.5 Å². The van der Waals surface area contributed by atoms with Crippen molar-refractivity contribution >= 4 is 12.1 Å². The Morgan fingerprint density at radius 3 is 2.96 bits per heavy atom. The minimum Gasteiger partial charge on any atom is -0.507 e. The van der Waals surface area contributed by atoms with Crippen molar-refractivity contribution in [1.82, 2.24) is 9.78 Å². The van der Waals surface area contributed by atoms with Gasteiger partial charge in [-0.3, -0.25) is 4.79 Å². The van der Waals surface area contributed by atoms with Crippen molar-refractivity contribution in [2.24, 2.45) is 0 Å². The van der Waals surface area contributed by atoms with E-state index in [4.69, 9.17) is 4.74 Å². The number of aldehydes is 1. The molecule has 0 radical (unpaired) electrons. The third kappa shape index (κ3) is 3.62. The number of carbonyl (C=O) groups is 1. The fourth-order valence-electron chi connectivity index (χ4n) is 3.37. The first-order valence-electron chi connectivity index (χ1n) is 8.82. The van der Waals surface area contributed by atoms with Crippen LogP contribution in [0.2, 0.25) is 0 Å². The fraction of sp³-hybridized carbons (Fsp3) is 0.474. The van der Waals surface area contributed by atoms with Crippen LogP contribution < -0.4 is 9.64 Å². The molecule has 6 nitrogen and oxygen atoms in total. The topological polar surface area (TPSA) is 67.6 Å². The largest absolute Gasteiger partial charge is 0.507 e. The van der Waals surface area contributed by atoms with Gasteiger partial charge in [-0.1, -0.05) is 6.07 Å². The average molecular weight is 343 g/mol. The van der Waals surface area contributed by atoms with Crippen molar-refractivity contribution in [3.8, 4) is 11.5 Å². The Kier molecular flexibility index (Phi) is 5.26. The van der Waals surface area contributed by atoms with Crippen molar-refractivity contribution in [2.45, 2.75) is 45.2 Å². The van der Waals surface area contributed by atoms with Gasteiger partial charge >= 0.3 is 0 Å². The zero-order valence-electron chi connectivity index (χ0n) is 14.8. The number of phenolic OH excluding ortho intramolecular Hbond substituents is 1. The summed E-state index contributed by atoms with van der Waals surface area (Å²) in [5.41, 5.74) is 0.206. The van der Waals surface area contributed by atoms with E-state index in [2.05, 4.69) is 23.8 Å². The van der Waals surface area contributed by atoms with Crippen LogP contribution in [-0.2, 0) is 0 Å². The second kappa shape index (κ2) is 7.59. The Labute approximate surface area is 148 Å². The number of hydrogen-bond donors (Lipinski definition) is 1. The zero-order valence-corrected chi connectivity index (χ0v) is 14.8. The first kappa shape index (κ1) is 17.3. The van der Waals surface area contributed by atoms with Crippen molar-refractivity contribution in [1.29, 1.82) is 0 Å². The standard InChI is InChI=1S/C19H25N3O3/c1-14(2)22-19(9-10-20-22)21-11-4-3-6-15(21)13-25-18-8-5-7-17(24)16(18)12-23/h5,7-10,12,14-15,24H,3-4,6,11,13H2,1-2H3. The van der Waals surface area contributed by atoms with E-state index in [1.807, 2.05) is 16.9 Å². The Bertz CT molecular complexity index is 726. The number of carbonyl (C=O) groups excluding carboxylic acids is 1. The van der Waals surface area contributed by atoms with Crippen LogP contribution in [0.25, 0.3) is 0 Å². The van der Waals surface area contributed by atoms with Crippen molar-refractivity contribution < 1.29 is 14.6 Å². The minimum atomic E-state index is -0.0501. The summed E-state index contributed by atoms with van der Waals surface area (Å²) in [6.07, 6.45) is 5.80. The summed E-state index contributed by atoms with van der Waals surface area (Å²) in [5, 5.41) is 14.2. The first-order chi connectivity index (χ1) is 12.1. The van der Waals surface area contributed by atoms with Gasteiger partial charge < -0.3 is 14.7 Å². The highest BCUT2D eigenvalue weighted by Crippen LogP contribution is 2.29. The normalized spacial score (nSPS) is 17.7. The first-order valence-corrected chi connectivity index (χ1v) is 8.82. The molecule has 134 valence electrons. The SMILES string of the molecule is CC(C)n1nccc1N1CCCCC1COc1cccc(O)c1C=O. The maximum atomic E-state index is 11.2. The summed E-state index contributed by atoms with van der Waals surface area (Å²) in [5.74, 6) is 1.48. The van der Waals surface area contributed by atoms with E-state index >= 15 is 0 Å². The van der Waals surface area contributed by atoms with E-state index in [0.29, 0.717) is 24.7 Å². The zero-order chi connectivity index (χ0) is 17.8. The number of nitrogens with zero attached hydrogens (tertiary/aromatic N) is 3. The molecule has 1 N–H and O–H groups in total. The third-order valence-corrected chi connectivity index (χ3v) is 4.65. The molecule has 1 aromatic carbocycles. The lowest BCUT2D eigenvalue weighted by Gasteiger charge is -2.37. The van der Waals surface area contributed by atoms with Crippen LogP contribution in [0.4, 0.5) is 5.82 Å². The molecular weight excluding hydrogens is 318 g/mol. The second-order valence-corrected chi connectivity index (χ2v) is 6.69. The summed E-state index contributed by atoms with van der Waals surface area (Å²) in [7, 11) is 0. The highest BCUT2D eigenvalue weighted by Gasteiger charge is 2.26. The Balaban J connectivity index is 1.77. The Morgan fingerprint density at radius 1 is 1.36 bits per heavy atom. The highest BCUT2D eigenvalue weighted by molar-refractivity contribution is 5.83. The second-order valence-electron chi connectivity index (χ2n) is 6.69. The van der Waals surface area contributed by atoms with Crippen molar-refractivity contribution in [3.63, 3.8) is 0 Å². The molecule has 3 rings (SSSR count). The molecule has 0 saturated carbocycles. The van der Waals surface area contributed by atoms with Gasteiger partial charge in [0.25, 0.3) is 0 Å². The summed E-state index contributed by atoms with van der Waals surface area (Å²) >= 11 is 0. The van der Waals surface area contributed by atoms with Gasteiger partial charge in [-0.2, -0.15) is 5.10 Å². The lowest BCUT2D eigenvalue weighted by Crippen LogP contribution is -2.44. The molecule has 1 aromatic heterocycles. The Morgan fingerprint density at radius 2 is 2.20 bits per heavy atom. The molecule has 1 unspecified atom stereocenters. The minimum absolute atomic E-state index is 0.0501. The molecule has 0 bridgehead atoms. The number of anilines is 1. The van der Waals surface area contributed by atoms with E-state index in [0.717, 1.165) is 31.6 Å². The molecule has 2 heterocycles. The smallest absolute Gasteiger partial charge is 0.157 e. The molecule has 0 spiro atoms. The van der Waals surface area contributed by atoms with E-state index < -0.39 is 0 Å². The number of hydrogen-bond acceptors (Lipinski definition) is 5. The molecule has 1 aliphatic rings. The number of ether oxygens (including phenoxy) is 1. The van der Waals surface area contributed by atoms with Crippen molar-refractivity contribution in [3.05, 3.63) is 36.0 Å². The quantitative estimate of drug-likeness (QED) is 0.814. The van der Waals surface area contributed by atoms with E-state index in [9.17, 15) is 9.90 Å². The van der Waals surface area contributed by atoms with Crippen molar-refractivity contribution in [2.75, 3.05) is 18.1 Å². The molecule has 0 amide bonds. The van der Waals surface area contributed by atoms with E-state index in [1.165, 1.54) is 6.07 Å². The predicted octanol–water partition coefficient (Wildman–Crippen LogP) is 3.42. The maximum absolute atomic E-state index is 11.2. The molecule has 0 aliphatic carbocycles. The summed E-state index contributed by atoms with van der Waals surface area (Å²) in [6, 6.07) is 7.44. The van der Waals surface area contributed by atoms with Gasteiger partial charge in [-0.25, -0.2) is 4.68 Å². The van der Waals surface area contributed by atoms with Gasteiger partial charge in [0.1, 0.15) is 23.9 Å². The van der Waals surface area contributed by atoms with Gasteiger partial charge in [0, 0.05) is 18.7 Å². The molecule has 1 saturated heterocycles. The number of phenols is 1. The molecule has 1 atom stereocenters. The molecular formula is C19H25N3O3. The number of benzene rings is 1. The molecule has 2 aromatic rings. The summed E-state index contributed by atoms with van der Waals surface area (Å²) in [6.45, 7) is 5.67. The lowest BCUT2D eigenvalue weighted by molar-refractivity contribution is 0.111. The monoisotopic (exact) mass is 343 g/mol. The number of aromatic nitrogens is 2. The van der Waals surface area contributed by atoms with E-state index in [1.54, 1.807) is 12.1 Å². The molecule has 6 heteroatoms. The van der Waals surface area contributed by atoms with Gasteiger partial charge in [0.15, 0.2) is 6.29 Å². The van der Waals surface area contributed by atoms with Gasteiger partial charge in [-0.05, 0) is 45.2 Å². The maximum Gasteiger partial charge on any atom is 0.157 e. The van der Waals surface area contributed by atoms with Gasteiger partial charge in [-0.15, -0.1) is 0 Å².